The third-order valence-electron chi connectivity index (χ3n) is 6.70. The second-order valence-electron chi connectivity index (χ2n) is 9.83. The summed E-state index contributed by atoms with van der Waals surface area (Å²) >= 11 is 0. The smallest absolute Gasteiger partial charge is 0.408 e. The van der Waals surface area contributed by atoms with E-state index >= 15 is 0 Å². The number of nitrogens with zero attached hydrogens (tertiary/aromatic N) is 2. The summed E-state index contributed by atoms with van der Waals surface area (Å²) in [5.74, 6) is 0.0341. The van der Waals surface area contributed by atoms with Gasteiger partial charge in [0.2, 0.25) is 0 Å². The molecule has 228 valence electrons. The van der Waals surface area contributed by atoms with E-state index in [-0.39, 0.29) is 43.0 Å². The van der Waals surface area contributed by atoms with Crippen LogP contribution >= 0.6 is 24.8 Å². The van der Waals surface area contributed by atoms with Gasteiger partial charge in [-0.25, -0.2) is 9.78 Å². The second kappa shape index (κ2) is 15.6. The Bertz CT molecular complexity index is 1570. The first kappa shape index (κ1) is 34.6. The van der Waals surface area contributed by atoms with Gasteiger partial charge in [-0.3, -0.25) is 20.5 Å². The molecule has 0 fully saturated rings. The number of halogens is 2. The molecule has 4 aromatic rings. The maximum Gasteiger partial charge on any atom is 0.408 e. The van der Waals surface area contributed by atoms with Crippen LogP contribution in [0.1, 0.15) is 52.6 Å². The minimum Gasteiger partial charge on any atom is -0.465 e. The summed E-state index contributed by atoms with van der Waals surface area (Å²) in [5, 5.41) is 24.8. The number of hydrogen-bond donors (Lipinski definition) is 6. The Morgan fingerprint density at radius 1 is 0.953 bits per heavy atom. The monoisotopic (exact) mass is 627 g/mol. The number of H-pyrrole nitrogens is 1. The molecule has 8 N–H and O–H groups in total. The van der Waals surface area contributed by atoms with Gasteiger partial charge in [-0.1, -0.05) is 54.6 Å². The number of imidazole rings is 1. The fourth-order valence-electron chi connectivity index (χ4n) is 4.54. The fourth-order valence-corrected chi connectivity index (χ4v) is 4.54. The van der Waals surface area contributed by atoms with Crippen LogP contribution in [0.5, 0.6) is 0 Å². The number of nitrogens with two attached hydrogens (primary N) is 2. The molecular formula is C30H35Cl2N7O4. The number of amides is 1. The SMILES string of the molecule is Cc1nc2ccc(C(CCCc3ccc(C(=N)N)cc3)OC(=O)CN(Cc3ccc(C(=N)N)cc3)C(=O)O)cc2[nH]1.Cl.Cl. The molecule has 0 aliphatic carbocycles. The van der Waals surface area contributed by atoms with Crippen molar-refractivity contribution in [2.24, 2.45) is 11.5 Å². The number of amidine groups is 2. The number of ether oxygens (including phenoxy) is 1. The lowest BCUT2D eigenvalue weighted by Gasteiger charge is -2.22. The maximum absolute atomic E-state index is 13.1. The molecule has 0 saturated carbocycles. The Hall–Kier alpha value is -4.61. The summed E-state index contributed by atoms with van der Waals surface area (Å²) in [7, 11) is 0. The Balaban J connectivity index is 0.00000323. The highest BCUT2D eigenvalue weighted by atomic mass is 35.5. The van der Waals surface area contributed by atoms with Gasteiger partial charge in [0.1, 0.15) is 30.1 Å². The van der Waals surface area contributed by atoms with Crippen LogP contribution in [-0.2, 0) is 22.5 Å². The average Bonchev–Trinajstić information content (AvgIpc) is 3.32. The van der Waals surface area contributed by atoms with Crippen molar-refractivity contribution in [1.29, 1.82) is 10.8 Å². The summed E-state index contributed by atoms with van der Waals surface area (Å²) in [6, 6.07) is 19.7. The van der Waals surface area contributed by atoms with Gasteiger partial charge < -0.3 is 26.3 Å². The molecular weight excluding hydrogens is 593 g/mol. The average molecular weight is 629 g/mol. The number of aryl methyl sites for hydroxylation is 2. The number of nitrogens with one attached hydrogen (secondary N) is 3. The van der Waals surface area contributed by atoms with Gasteiger partial charge in [0, 0.05) is 17.7 Å². The molecule has 0 bridgehead atoms. The molecule has 0 radical (unpaired) electrons. The van der Waals surface area contributed by atoms with Crippen LogP contribution in [0.25, 0.3) is 11.0 Å². The lowest BCUT2D eigenvalue weighted by Crippen LogP contribution is -2.35. The van der Waals surface area contributed by atoms with Gasteiger partial charge in [-0.2, -0.15) is 0 Å². The van der Waals surface area contributed by atoms with Crippen molar-refractivity contribution in [1.82, 2.24) is 14.9 Å². The minimum atomic E-state index is -1.25. The van der Waals surface area contributed by atoms with Gasteiger partial charge in [0.05, 0.1) is 11.0 Å². The molecule has 11 nitrogen and oxygen atoms in total. The molecule has 4 rings (SSSR count). The van der Waals surface area contributed by atoms with Crippen LogP contribution in [-0.4, -0.2) is 50.3 Å². The van der Waals surface area contributed by atoms with Crippen LogP contribution < -0.4 is 11.5 Å². The van der Waals surface area contributed by atoms with Crippen molar-refractivity contribution in [3.63, 3.8) is 0 Å². The molecule has 1 amide bonds. The van der Waals surface area contributed by atoms with Crippen molar-refractivity contribution < 1.29 is 19.4 Å². The van der Waals surface area contributed by atoms with Gasteiger partial charge in [-0.15, -0.1) is 24.8 Å². The molecule has 1 aromatic heterocycles. The van der Waals surface area contributed by atoms with Gasteiger partial charge >= 0.3 is 12.1 Å². The molecule has 3 aromatic carbocycles. The van der Waals surface area contributed by atoms with E-state index in [1.165, 1.54) is 0 Å². The molecule has 0 saturated heterocycles. The number of aromatic nitrogens is 2. The van der Waals surface area contributed by atoms with Gasteiger partial charge in [0.15, 0.2) is 0 Å². The minimum absolute atomic E-state index is 0. The van der Waals surface area contributed by atoms with Crippen molar-refractivity contribution in [2.45, 2.75) is 38.8 Å². The van der Waals surface area contributed by atoms with Crippen LogP contribution in [0.3, 0.4) is 0 Å². The normalized spacial score (nSPS) is 11.1. The largest absolute Gasteiger partial charge is 0.465 e. The van der Waals surface area contributed by atoms with E-state index in [2.05, 4.69) is 9.97 Å². The number of hydrogen-bond acceptors (Lipinski definition) is 6. The number of aromatic amines is 1. The summed E-state index contributed by atoms with van der Waals surface area (Å²) < 4.78 is 5.88. The number of benzene rings is 3. The number of rotatable bonds is 12. The van der Waals surface area contributed by atoms with E-state index < -0.39 is 24.7 Å². The van der Waals surface area contributed by atoms with Crippen molar-refractivity contribution >= 4 is 59.6 Å². The third-order valence-corrected chi connectivity index (χ3v) is 6.70. The highest BCUT2D eigenvalue weighted by molar-refractivity contribution is 5.95. The van der Waals surface area contributed by atoms with E-state index in [1.807, 2.05) is 37.3 Å². The van der Waals surface area contributed by atoms with Crippen LogP contribution in [0.15, 0.2) is 66.7 Å². The first-order valence-corrected chi connectivity index (χ1v) is 13.1. The summed E-state index contributed by atoms with van der Waals surface area (Å²) in [6.45, 7) is 1.39. The molecule has 13 heteroatoms. The highest BCUT2D eigenvalue weighted by Crippen LogP contribution is 2.27. The van der Waals surface area contributed by atoms with E-state index in [4.69, 9.17) is 27.0 Å². The zero-order chi connectivity index (χ0) is 29.5. The van der Waals surface area contributed by atoms with Crippen LogP contribution in [0.2, 0.25) is 0 Å². The number of esters is 1. The molecule has 0 aliphatic rings. The standard InChI is InChI=1S/C30H33N7O4.2ClH/c1-18-35-24-14-13-23(15-25(24)36-18)26(4-2-3-19-5-9-21(10-6-19)28(31)32)41-27(38)17-37(30(39)40)16-20-7-11-22(12-8-20)29(33)34;;/h5-15,26H,2-4,16-17H2,1H3,(H3,31,32)(H3,33,34)(H,35,36)(H,39,40);2*1H. The Labute approximate surface area is 261 Å². The number of carboxylic acid groups (broad SMARTS) is 1. The number of carbonyl (C=O) groups is 2. The summed E-state index contributed by atoms with van der Waals surface area (Å²) in [4.78, 5) is 33.6. The molecule has 43 heavy (non-hydrogen) atoms. The first-order valence-electron chi connectivity index (χ1n) is 13.1. The van der Waals surface area contributed by atoms with E-state index in [1.54, 1.807) is 36.4 Å². The fraction of sp³-hybridized carbons (Fsp3) is 0.233. The summed E-state index contributed by atoms with van der Waals surface area (Å²) in [5.41, 5.74) is 16.3. The van der Waals surface area contributed by atoms with Crippen molar-refractivity contribution in [2.75, 3.05) is 6.54 Å². The summed E-state index contributed by atoms with van der Waals surface area (Å²) in [6.07, 6.45) is 0.0748. The second-order valence-corrected chi connectivity index (χ2v) is 9.83. The van der Waals surface area contributed by atoms with Gasteiger partial charge in [0.25, 0.3) is 0 Å². The Kier molecular flexibility index (Phi) is 12.5. The Morgan fingerprint density at radius 2 is 1.53 bits per heavy atom. The predicted molar refractivity (Wildman–Crippen MR) is 170 cm³/mol. The molecule has 1 atom stereocenters. The van der Waals surface area contributed by atoms with E-state index in [9.17, 15) is 14.7 Å². The third kappa shape index (κ3) is 9.45. The number of fused-ring (bicyclic) bond motifs is 1. The number of nitrogen functional groups attached to an aromatic ring is 2. The quantitative estimate of drug-likeness (QED) is 0.0715. The molecule has 0 aliphatic heterocycles. The topological polar surface area (TPSA) is 195 Å². The highest BCUT2D eigenvalue weighted by Gasteiger charge is 2.22. The predicted octanol–water partition coefficient (Wildman–Crippen LogP) is 5.07. The molecule has 1 unspecified atom stereocenters. The Morgan fingerprint density at radius 3 is 2.09 bits per heavy atom. The lowest BCUT2D eigenvalue weighted by atomic mass is 10.00. The van der Waals surface area contributed by atoms with E-state index in [0.29, 0.717) is 29.5 Å². The van der Waals surface area contributed by atoms with Crippen molar-refractivity contribution in [3.8, 4) is 0 Å². The van der Waals surface area contributed by atoms with Crippen molar-refractivity contribution in [3.05, 3.63) is 100 Å². The molecule has 0 spiro atoms. The zero-order valence-electron chi connectivity index (χ0n) is 23.5. The lowest BCUT2D eigenvalue weighted by molar-refractivity contribution is -0.151. The van der Waals surface area contributed by atoms with Gasteiger partial charge in [-0.05, 0) is 55.0 Å². The van der Waals surface area contributed by atoms with E-state index in [0.717, 1.165) is 39.3 Å². The number of carbonyl (C=O) groups excluding carboxylic acids is 1. The van der Waals surface area contributed by atoms with Crippen LogP contribution in [0.4, 0.5) is 4.79 Å². The first-order chi connectivity index (χ1) is 19.6. The molecule has 1 heterocycles. The zero-order valence-corrected chi connectivity index (χ0v) is 25.1. The maximum atomic E-state index is 13.1. The van der Waals surface area contributed by atoms with Crippen LogP contribution in [0, 0.1) is 17.7 Å².